The standard InChI is InChI=1S/C22H20ClN3O2S2/c1-3-24(4-2)13-25-16-11-7-5-9-14(16)18(20(25)27)19-21(28)26(22(29)30-19)17-12-8-6-10-15(17)23/h5-12H,3-4,13H2,1-2H3/b19-18-. The molecule has 2 aromatic rings. The Hall–Kier alpha value is -2.19. The van der Waals surface area contributed by atoms with Crippen molar-refractivity contribution in [3.8, 4) is 0 Å². The fourth-order valence-electron chi connectivity index (χ4n) is 3.62. The molecule has 0 aromatic heterocycles. The summed E-state index contributed by atoms with van der Waals surface area (Å²) >= 11 is 12.9. The summed E-state index contributed by atoms with van der Waals surface area (Å²) in [5.74, 6) is -0.497. The molecule has 0 radical (unpaired) electrons. The Balaban J connectivity index is 1.80. The molecule has 154 valence electrons. The maximum atomic E-state index is 13.5. The number of halogens is 1. The average Bonchev–Trinajstić information content (AvgIpc) is 3.19. The monoisotopic (exact) mass is 457 g/mol. The molecule has 0 unspecified atom stereocenters. The minimum Gasteiger partial charge on any atom is -0.294 e. The smallest absolute Gasteiger partial charge is 0.271 e. The molecular formula is C22H20ClN3O2S2. The van der Waals surface area contributed by atoms with E-state index in [1.807, 2.05) is 24.3 Å². The predicted octanol–water partition coefficient (Wildman–Crippen LogP) is 4.76. The van der Waals surface area contributed by atoms with E-state index in [1.165, 1.54) is 4.90 Å². The van der Waals surface area contributed by atoms with Gasteiger partial charge in [0.1, 0.15) is 0 Å². The normalized spacial score (nSPS) is 18.7. The summed E-state index contributed by atoms with van der Waals surface area (Å²) < 4.78 is 0.364. The highest BCUT2D eigenvalue weighted by molar-refractivity contribution is 8.27. The number of nitrogens with zero attached hydrogens (tertiary/aromatic N) is 3. The van der Waals surface area contributed by atoms with Gasteiger partial charge in [-0.3, -0.25) is 24.3 Å². The van der Waals surface area contributed by atoms with Crippen molar-refractivity contribution in [3.05, 3.63) is 64.0 Å². The van der Waals surface area contributed by atoms with Crippen LogP contribution in [0.2, 0.25) is 5.02 Å². The SMILES string of the molecule is CCN(CC)CN1C(=O)/C(=C2\SC(=S)N(c3ccccc3Cl)C2=O)c2ccccc21. The van der Waals surface area contributed by atoms with E-state index in [9.17, 15) is 9.59 Å². The summed E-state index contributed by atoms with van der Waals surface area (Å²) in [5.41, 5.74) is 2.50. The summed E-state index contributed by atoms with van der Waals surface area (Å²) in [7, 11) is 0. The molecule has 0 saturated carbocycles. The van der Waals surface area contributed by atoms with Crippen molar-refractivity contribution in [2.75, 3.05) is 29.6 Å². The number of benzene rings is 2. The van der Waals surface area contributed by atoms with Gasteiger partial charge in [-0.15, -0.1) is 0 Å². The molecule has 1 fully saturated rings. The Labute approximate surface area is 190 Å². The number of amides is 2. The van der Waals surface area contributed by atoms with E-state index in [-0.39, 0.29) is 11.8 Å². The van der Waals surface area contributed by atoms with Crippen LogP contribution in [0.4, 0.5) is 11.4 Å². The van der Waals surface area contributed by atoms with Crippen LogP contribution in [0.3, 0.4) is 0 Å². The first kappa shape index (κ1) is 21.1. The Kier molecular flexibility index (Phi) is 5.97. The number of hydrogen-bond donors (Lipinski definition) is 0. The third-order valence-electron chi connectivity index (χ3n) is 5.25. The molecule has 2 aliphatic rings. The molecule has 0 atom stereocenters. The second-order valence-electron chi connectivity index (χ2n) is 6.86. The maximum Gasteiger partial charge on any atom is 0.271 e. The lowest BCUT2D eigenvalue weighted by Crippen LogP contribution is -2.39. The lowest BCUT2D eigenvalue weighted by atomic mass is 10.1. The molecule has 2 aliphatic heterocycles. The first-order valence-corrected chi connectivity index (χ1v) is 11.3. The summed E-state index contributed by atoms with van der Waals surface area (Å²) in [4.78, 5) is 32.5. The van der Waals surface area contributed by atoms with Gasteiger partial charge >= 0.3 is 0 Å². The van der Waals surface area contributed by atoms with E-state index in [4.69, 9.17) is 23.8 Å². The second kappa shape index (κ2) is 8.51. The highest BCUT2D eigenvalue weighted by Gasteiger charge is 2.43. The van der Waals surface area contributed by atoms with Gasteiger partial charge in [0.25, 0.3) is 11.8 Å². The van der Waals surface area contributed by atoms with Crippen LogP contribution in [0.1, 0.15) is 19.4 Å². The molecule has 2 amide bonds. The van der Waals surface area contributed by atoms with Gasteiger partial charge in [-0.2, -0.15) is 0 Å². The topological polar surface area (TPSA) is 43.9 Å². The zero-order valence-electron chi connectivity index (χ0n) is 16.6. The van der Waals surface area contributed by atoms with Crippen LogP contribution in [-0.2, 0) is 9.59 Å². The quantitative estimate of drug-likeness (QED) is 0.478. The van der Waals surface area contributed by atoms with Crippen LogP contribution in [-0.4, -0.2) is 40.8 Å². The molecular weight excluding hydrogens is 438 g/mol. The van der Waals surface area contributed by atoms with Gasteiger partial charge in [0.15, 0.2) is 4.32 Å². The highest BCUT2D eigenvalue weighted by atomic mass is 35.5. The van der Waals surface area contributed by atoms with E-state index in [2.05, 4.69) is 18.7 Å². The fraction of sp³-hybridized carbons (Fsp3) is 0.227. The predicted molar refractivity (Wildman–Crippen MR) is 128 cm³/mol. The van der Waals surface area contributed by atoms with E-state index >= 15 is 0 Å². The number of carbonyl (C=O) groups excluding carboxylic acids is 2. The lowest BCUT2D eigenvalue weighted by molar-refractivity contribution is -0.115. The fourth-order valence-corrected chi connectivity index (χ4v) is 5.20. The second-order valence-corrected chi connectivity index (χ2v) is 8.91. The summed E-state index contributed by atoms with van der Waals surface area (Å²) in [6, 6.07) is 14.6. The number of thioether (sulfide) groups is 1. The highest BCUT2D eigenvalue weighted by Crippen LogP contribution is 2.46. The number of anilines is 2. The third kappa shape index (κ3) is 3.46. The van der Waals surface area contributed by atoms with Gasteiger partial charge in [-0.25, -0.2) is 0 Å². The average molecular weight is 458 g/mol. The van der Waals surface area contributed by atoms with E-state index < -0.39 is 0 Å². The van der Waals surface area contributed by atoms with Gasteiger partial charge < -0.3 is 0 Å². The molecule has 0 N–H and O–H groups in total. The zero-order chi connectivity index (χ0) is 21.4. The van der Waals surface area contributed by atoms with Crippen LogP contribution < -0.4 is 9.80 Å². The van der Waals surface area contributed by atoms with Crippen LogP contribution in [0.5, 0.6) is 0 Å². The van der Waals surface area contributed by atoms with Crippen LogP contribution in [0.25, 0.3) is 5.57 Å². The molecule has 0 spiro atoms. The lowest BCUT2D eigenvalue weighted by Gasteiger charge is -2.25. The molecule has 30 heavy (non-hydrogen) atoms. The van der Waals surface area contributed by atoms with Crippen LogP contribution >= 0.6 is 35.6 Å². The molecule has 0 bridgehead atoms. The Morgan fingerprint density at radius 1 is 0.967 bits per heavy atom. The molecule has 2 heterocycles. The Morgan fingerprint density at radius 3 is 2.27 bits per heavy atom. The van der Waals surface area contributed by atoms with Crippen LogP contribution in [0.15, 0.2) is 53.4 Å². The van der Waals surface area contributed by atoms with Gasteiger partial charge in [0, 0.05) is 5.56 Å². The summed E-state index contributed by atoms with van der Waals surface area (Å²) in [6.45, 7) is 6.24. The first-order valence-electron chi connectivity index (χ1n) is 9.66. The van der Waals surface area contributed by atoms with Crippen LogP contribution in [0, 0.1) is 0 Å². The molecule has 4 rings (SSSR count). The number of rotatable bonds is 5. The zero-order valence-corrected chi connectivity index (χ0v) is 19.0. The number of thiocarbonyl (C=S) groups is 1. The number of hydrogen-bond acceptors (Lipinski definition) is 5. The number of para-hydroxylation sites is 2. The molecule has 2 aromatic carbocycles. The molecule has 1 saturated heterocycles. The van der Waals surface area contributed by atoms with Crippen molar-refractivity contribution < 1.29 is 9.59 Å². The van der Waals surface area contributed by atoms with Crippen molar-refractivity contribution in [2.45, 2.75) is 13.8 Å². The van der Waals surface area contributed by atoms with Gasteiger partial charge in [-0.1, -0.05) is 79.8 Å². The third-order valence-corrected chi connectivity index (χ3v) is 6.94. The van der Waals surface area contributed by atoms with Gasteiger partial charge in [0.2, 0.25) is 0 Å². The van der Waals surface area contributed by atoms with Crippen molar-refractivity contribution in [3.63, 3.8) is 0 Å². The van der Waals surface area contributed by atoms with E-state index in [0.717, 1.165) is 36.1 Å². The largest absolute Gasteiger partial charge is 0.294 e. The molecule has 0 aliphatic carbocycles. The van der Waals surface area contributed by atoms with E-state index in [1.54, 1.807) is 29.2 Å². The van der Waals surface area contributed by atoms with Gasteiger partial charge in [-0.05, 0) is 31.3 Å². The summed E-state index contributed by atoms with van der Waals surface area (Å²) in [5, 5.41) is 0.432. The first-order chi connectivity index (χ1) is 14.5. The molecule has 5 nitrogen and oxygen atoms in total. The van der Waals surface area contributed by atoms with Gasteiger partial charge in [0.05, 0.1) is 33.5 Å². The summed E-state index contributed by atoms with van der Waals surface area (Å²) in [6.07, 6.45) is 0. The van der Waals surface area contributed by atoms with Crippen molar-refractivity contribution >= 4 is 68.7 Å². The number of carbonyl (C=O) groups is 2. The number of fused-ring (bicyclic) bond motifs is 1. The van der Waals surface area contributed by atoms with Crippen molar-refractivity contribution in [1.82, 2.24) is 4.90 Å². The molecule has 8 heteroatoms. The Morgan fingerprint density at radius 2 is 1.60 bits per heavy atom. The Bertz CT molecular complexity index is 1080. The van der Waals surface area contributed by atoms with E-state index in [0.29, 0.717) is 32.2 Å². The minimum absolute atomic E-state index is 0.178. The van der Waals surface area contributed by atoms with Crippen molar-refractivity contribution in [2.24, 2.45) is 0 Å². The maximum absolute atomic E-state index is 13.5. The minimum atomic E-state index is -0.319. The van der Waals surface area contributed by atoms with Crippen molar-refractivity contribution in [1.29, 1.82) is 0 Å².